The van der Waals surface area contributed by atoms with Crippen LogP contribution in [0.1, 0.15) is 15.2 Å². The summed E-state index contributed by atoms with van der Waals surface area (Å²) in [6.45, 7) is 0. The molecule has 0 aliphatic rings. The van der Waals surface area contributed by atoms with E-state index in [1.807, 2.05) is 30.3 Å². The lowest BCUT2D eigenvalue weighted by Gasteiger charge is -2.02. The van der Waals surface area contributed by atoms with Gasteiger partial charge in [-0.2, -0.15) is 5.10 Å². The van der Waals surface area contributed by atoms with Crippen LogP contribution in [0.15, 0.2) is 36.4 Å². The molecule has 0 aliphatic heterocycles. The third-order valence-electron chi connectivity index (χ3n) is 2.93. The van der Waals surface area contributed by atoms with Crippen LogP contribution in [0.4, 0.5) is 5.82 Å². The lowest BCUT2D eigenvalue weighted by atomic mass is 10.1. The van der Waals surface area contributed by atoms with Crippen LogP contribution in [0.25, 0.3) is 10.2 Å². The average molecular weight is 301 g/mol. The van der Waals surface area contributed by atoms with Crippen molar-refractivity contribution in [2.45, 2.75) is 6.42 Å². The van der Waals surface area contributed by atoms with E-state index in [1.165, 1.54) is 6.07 Å². The number of amides is 1. The summed E-state index contributed by atoms with van der Waals surface area (Å²) in [5, 5.41) is 19.0. The number of rotatable bonds is 4. The van der Waals surface area contributed by atoms with E-state index in [1.54, 1.807) is 0 Å². The van der Waals surface area contributed by atoms with Gasteiger partial charge in [-0.25, -0.2) is 4.79 Å². The van der Waals surface area contributed by atoms with Gasteiger partial charge in [-0.05, 0) is 11.6 Å². The molecule has 3 rings (SSSR count). The number of H-pyrrole nitrogens is 1. The van der Waals surface area contributed by atoms with E-state index < -0.39 is 5.97 Å². The minimum atomic E-state index is -0.994. The number of benzene rings is 1. The molecule has 0 fully saturated rings. The summed E-state index contributed by atoms with van der Waals surface area (Å²) in [6.07, 6.45) is 0.241. The summed E-state index contributed by atoms with van der Waals surface area (Å²) in [4.78, 5) is 23.8. The second-order valence-corrected chi connectivity index (χ2v) is 5.49. The molecule has 6 nitrogen and oxygen atoms in total. The molecule has 2 aromatic heterocycles. The molecule has 21 heavy (non-hydrogen) atoms. The van der Waals surface area contributed by atoms with Gasteiger partial charge >= 0.3 is 5.97 Å². The summed E-state index contributed by atoms with van der Waals surface area (Å²) in [5.41, 5.74) is 0.901. The van der Waals surface area contributed by atoms with Crippen molar-refractivity contribution in [3.8, 4) is 0 Å². The van der Waals surface area contributed by atoms with Gasteiger partial charge in [-0.15, -0.1) is 11.3 Å². The number of anilines is 1. The van der Waals surface area contributed by atoms with Crippen molar-refractivity contribution in [3.63, 3.8) is 0 Å². The number of aromatic carboxylic acids is 1. The Morgan fingerprint density at radius 1 is 1.29 bits per heavy atom. The van der Waals surface area contributed by atoms with E-state index in [4.69, 9.17) is 5.11 Å². The number of hydrogen-bond acceptors (Lipinski definition) is 4. The third kappa shape index (κ3) is 2.77. The predicted molar refractivity (Wildman–Crippen MR) is 79.7 cm³/mol. The van der Waals surface area contributed by atoms with E-state index in [-0.39, 0.29) is 17.2 Å². The van der Waals surface area contributed by atoms with Crippen LogP contribution >= 0.6 is 11.3 Å². The van der Waals surface area contributed by atoms with Gasteiger partial charge in [0.25, 0.3) is 0 Å². The summed E-state index contributed by atoms with van der Waals surface area (Å²) in [5.74, 6) is -0.835. The minimum Gasteiger partial charge on any atom is -0.477 e. The molecule has 0 radical (unpaired) electrons. The molecule has 3 aromatic rings. The topological polar surface area (TPSA) is 95.1 Å². The highest BCUT2D eigenvalue weighted by Crippen LogP contribution is 2.29. The van der Waals surface area contributed by atoms with E-state index in [0.717, 1.165) is 16.9 Å². The number of nitrogens with one attached hydrogen (secondary N) is 2. The Hall–Kier alpha value is -2.67. The maximum Gasteiger partial charge on any atom is 0.345 e. The number of thiophene rings is 1. The quantitative estimate of drug-likeness (QED) is 0.690. The number of aromatic nitrogens is 2. The zero-order valence-electron chi connectivity index (χ0n) is 10.8. The molecular formula is C14H11N3O3S. The lowest BCUT2D eigenvalue weighted by molar-refractivity contribution is -0.115. The number of carbonyl (C=O) groups is 2. The molecule has 0 spiro atoms. The van der Waals surface area contributed by atoms with Crippen LogP contribution in [-0.4, -0.2) is 27.2 Å². The van der Waals surface area contributed by atoms with Crippen molar-refractivity contribution in [1.29, 1.82) is 0 Å². The van der Waals surface area contributed by atoms with Crippen LogP contribution in [0.2, 0.25) is 0 Å². The van der Waals surface area contributed by atoms with E-state index >= 15 is 0 Å². The Bertz CT molecular complexity index is 807. The van der Waals surface area contributed by atoms with Gasteiger partial charge in [0.05, 0.1) is 11.8 Å². The highest BCUT2D eigenvalue weighted by atomic mass is 32.1. The zero-order chi connectivity index (χ0) is 14.8. The number of carboxylic acids is 1. The molecule has 0 saturated heterocycles. The summed E-state index contributed by atoms with van der Waals surface area (Å²) in [7, 11) is 0. The maximum absolute atomic E-state index is 12.0. The fourth-order valence-electron chi connectivity index (χ4n) is 1.98. The molecule has 0 saturated carbocycles. The van der Waals surface area contributed by atoms with Crippen molar-refractivity contribution in [3.05, 3.63) is 46.8 Å². The molecule has 7 heteroatoms. The molecule has 106 valence electrons. The van der Waals surface area contributed by atoms with Crippen LogP contribution in [0.3, 0.4) is 0 Å². The fourth-order valence-corrected chi connectivity index (χ4v) is 2.82. The Balaban J connectivity index is 1.78. The minimum absolute atomic E-state index is 0.197. The van der Waals surface area contributed by atoms with E-state index in [0.29, 0.717) is 16.0 Å². The molecule has 3 N–H and O–H groups in total. The largest absolute Gasteiger partial charge is 0.477 e. The van der Waals surface area contributed by atoms with Crippen molar-refractivity contribution in [1.82, 2.24) is 10.2 Å². The van der Waals surface area contributed by atoms with Crippen molar-refractivity contribution in [2.24, 2.45) is 0 Å². The van der Waals surface area contributed by atoms with E-state index in [9.17, 15) is 9.59 Å². The predicted octanol–water partition coefficient (Wildman–Crippen LogP) is 2.50. The van der Waals surface area contributed by atoms with Gasteiger partial charge < -0.3 is 10.4 Å². The smallest absolute Gasteiger partial charge is 0.345 e. The zero-order valence-corrected chi connectivity index (χ0v) is 11.6. The molecule has 0 unspecified atom stereocenters. The molecular weight excluding hydrogens is 290 g/mol. The molecule has 1 aromatic carbocycles. The maximum atomic E-state index is 12.0. The summed E-state index contributed by atoms with van der Waals surface area (Å²) < 4.78 is 0. The number of nitrogens with zero attached hydrogens (tertiary/aromatic N) is 1. The van der Waals surface area contributed by atoms with Crippen molar-refractivity contribution in [2.75, 3.05) is 5.32 Å². The first-order chi connectivity index (χ1) is 10.1. The SMILES string of the molecule is O=C(Cc1ccccc1)Nc1n[nH]c2sc(C(=O)O)cc12. The van der Waals surface area contributed by atoms with Gasteiger partial charge in [0, 0.05) is 0 Å². The lowest BCUT2D eigenvalue weighted by Crippen LogP contribution is -2.14. The third-order valence-corrected chi connectivity index (χ3v) is 3.96. The number of hydrogen-bond donors (Lipinski definition) is 3. The second kappa shape index (κ2) is 5.37. The van der Waals surface area contributed by atoms with Gasteiger partial charge in [-0.1, -0.05) is 30.3 Å². The highest BCUT2D eigenvalue weighted by Gasteiger charge is 2.15. The van der Waals surface area contributed by atoms with Crippen LogP contribution in [0.5, 0.6) is 0 Å². The normalized spacial score (nSPS) is 10.7. The van der Waals surface area contributed by atoms with Crippen LogP contribution in [-0.2, 0) is 11.2 Å². The first kappa shape index (κ1) is 13.3. The monoisotopic (exact) mass is 301 g/mol. The van der Waals surface area contributed by atoms with Crippen molar-refractivity contribution < 1.29 is 14.7 Å². The number of carbonyl (C=O) groups excluding carboxylic acids is 1. The summed E-state index contributed by atoms with van der Waals surface area (Å²) in [6, 6.07) is 10.9. The Kier molecular flexibility index (Phi) is 3.41. The van der Waals surface area contributed by atoms with Gasteiger partial charge in [0.2, 0.25) is 5.91 Å². The van der Waals surface area contributed by atoms with Crippen LogP contribution < -0.4 is 5.32 Å². The van der Waals surface area contributed by atoms with Crippen LogP contribution in [0, 0.1) is 0 Å². The first-order valence-electron chi connectivity index (χ1n) is 6.18. The van der Waals surface area contributed by atoms with Gasteiger partial charge in [-0.3, -0.25) is 9.89 Å². The Morgan fingerprint density at radius 2 is 2.05 bits per heavy atom. The van der Waals surface area contributed by atoms with Crippen molar-refractivity contribution >= 4 is 39.2 Å². The molecule has 2 heterocycles. The first-order valence-corrected chi connectivity index (χ1v) is 7.00. The highest BCUT2D eigenvalue weighted by molar-refractivity contribution is 7.20. The van der Waals surface area contributed by atoms with Gasteiger partial charge in [0.15, 0.2) is 5.82 Å². The molecule has 1 amide bonds. The standard InChI is InChI=1S/C14H11N3O3S/c18-11(6-8-4-2-1-3-5-8)15-12-9-7-10(14(19)20)21-13(9)17-16-12/h1-5,7H,6H2,(H,19,20)(H2,15,16,17,18). The fraction of sp³-hybridized carbons (Fsp3) is 0.0714. The van der Waals surface area contributed by atoms with Gasteiger partial charge in [0.1, 0.15) is 9.71 Å². The number of carboxylic acid groups (broad SMARTS) is 1. The molecule has 0 aliphatic carbocycles. The van der Waals surface area contributed by atoms with E-state index in [2.05, 4.69) is 15.5 Å². The number of aromatic amines is 1. The second-order valence-electron chi connectivity index (χ2n) is 4.44. The Labute approximate surface area is 123 Å². The number of fused-ring (bicyclic) bond motifs is 1. The summed E-state index contributed by atoms with van der Waals surface area (Å²) >= 11 is 1.09. The molecule has 0 bridgehead atoms. The average Bonchev–Trinajstić information content (AvgIpc) is 3.02. The molecule has 0 atom stereocenters. The Morgan fingerprint density at radius 3 is 2.76 bits per heavy atom.